The second kappa shape index (κ2) is 7.29. The highest BCUT2D eigenvalue weighted by Crippen LogP contribution is 2.31. The topological polar surface area (TPSA) is 55.8 Å². The fraction of sp³-hybridized carbons (Fsp3) is 0.529. The van der Waals surface area contributed by atoms with Crippen LogP contribution >= 0.6 is 0 Å². The van der Waals surface area contributed by atoms with E-state index in [4.69, 9.17) is 9.47 Å². The van der Waals surface area contributed by atoms with Crippen LogP contribution in [-0.4, -0.2) is 36.7 Å². The average Bonchev–Trinajstić information content (AvgIpc) is 2.98. The molecule has 0 saturated carbocycles. The lowest BCUT2D eigenvalue weighted by Crippen LogP contribution is -2.45. The van der Waals surface area contributed by atoms with Gasteiger partial charge in [-0.15, -0.1) is 0 Å². The lowest BCUT2D eigenvalue weighted by Gasteiger charge is -2.27. The molecule has 0 aromatic heterocycles. The minimum Gasteiger partial charge on any atom is -0.467 e. The van der Waals surface area contributed by atoms with Crippen LogP contribution in [0.2, 0.25) is 0 Å². The van der Waals surface area contributed by atoms with Crippen LogP contribution in [0.5, 0.6) is 0 Å². The van der Waals surface area contributed by atoms with Crippen LogP contribution in [0.1, 0.15) is 25.8 Å². The zero-order chi connectivity index (χ0) is 16.1. The largest absolute Gasteiger partial charge is 0.467 e. The van der Waals surface area contributed by atoms with Crippen LogP contribution in [0.15, 0.2) is 30.3 Å². The summed E-state index contributed by atoms with van der Waals surface area (Å²) < 4.78 is 10.2. The fourth-order valence-corrected chi connectivity index (χ4v) is 2.94. The van der Waals surface area contributed by atoms with Gasteiger partial charge in [-0.25, -0.2) is 9.59 Å². The van der Waals surface area contributed by atoms with Gasteiger partial charge in [0.05, 0.1) is 7.11 Å². The summed E-state index contributed by atoms with van der Waals surface area (Å²) in [6.07, 6.45) is 0.333. The second-order valence-corrected chi connectivity index (χ2v) is 5.90. The molecule has 1 fully saturated rings. The van der Waals surface area contributed by atoms with Gasteiger partial charge in [0.25, 0.3) is 0 Å². The Bertz CT molecular complexity index is 515. The lowest BCUT2D eigenvalue weighted by atomic mass is 9.89. The molecule has 2 atom stereocenters. The van der Waals surface area contributed by atoms with Crippen LogP contribution in [0.3, 0.4) is 0 Å². The van der Waals surface area contributed by atoms with Gasteiger partial charge >= 0.3 is 12.1 Å². The first-order valence-corrected chi connectivity index (χ1v) is 7.59. The van der Waals surface area contributed by atoms with Crippen molar-refractivity contribution in [3.8, 4) is 0 Å². The molecule has 0 aliphatic carbocycles. The first-order valence-electron chi connectivity index (χ1n) is 7.59. The Kier molecular flexibility index (Phi) is 5.41. The predicted octanol–water partition coefficient (Wildman–Crippen LogP) is 2.84. The normalized spacial score (nSPS) is 21.0. The molecule has 120 valence electrons. The van der Waals surface area contributed by atoms with Gasteiger partial charge in [-0.3, -0.25) is 4.90 Å². The van der Waals surface area contributed by atoms with Gasteiger partial charge < -0.3 is 9.47 Å². The van der Waals surface area contributed by atoms with E-state index in [9.17, 15) is 9.59 Å². The Morgan fingerprint density at radius 2 is 1.95 bits per heavy atom. The highest BCUT2D eigenvalue weighted by Gasteiger charge is 2.44. The number of likely N-dealkylation sites (tertiary alicyclic amines) is 1. The number of methoxy groups -OCH3 is 1. The number of rotatable bonds is 4. The van der Waals surface area contributed by atoms with Crippen molar-refractivity contribution in [1.82, 2.24) is 4.90 Å². The molecule has 0 N–H and O–H groups in total. The fourth-order valence-electron chi connectivity index (χ4n) is 2.94. The third kappa shape index (κ3) is 3.59. The van der Waals surface area contributed by atoms with E-state index in [1.54, 1.807) is 0 Å². The second-order valence-electron chi connectivity index (χ2n) is 5.90. The number of nitrogens with zero attached hydrogens (tertiary/aromatic N) is 1. The molecule has 5 nitrogen and oxygen atoms in total. The van der Waals surface area contributed by atoms with Crippen LogP contribution in [-0.2, 0) is 20.9 Å². The number of carbonyl (C=O) groups is 2. The third-order valence-corrected chi connectivity index (χ3v) is 4.18. The van der Waals surface area contributed by atoms with E-state index >= 15 is 0 Å². The summed E-state index contributed by atoms with van der Waals surface area (Å²) >= 11 is 0. The van der Waals surface area contributed by atoms with Gasteiger partial charge in [-0.1, -0.05) is 44.2 Å². The number of benzene rings is 1. The van der Waals surface area contributed by atoms with Crippen LogP contribution < -0.4 is 0 Å². The summed E-state index contributed by atoms with van der Waals surface area (Å²) in [6.45, 7) is 4.84. The molecule has 1 aromatic carbocycles. The van der Waals surface area contributed by atoms with Crippen molar-refractivity contribution < 1.29 is 19.1 Å². The van der Waals surface area contributed by atoms with Crippen molar-refractivity contribution in [2.24, 2.45) is 11.8 Å². The van der Waals surface area contributed by atoms with Gasteiger partial charge in [0, 0.05) is 6.54 Å². The molecular weight excluding hydrogens is 282 g/mol. The Morgan fingerprint density at radius 3 is 2.55 bits per heavy atom. The molecule has 22 heavy (non-hydrogen) atoms. The van der Waals surface area contributed by atoms with Crippen molar-refractivity contribution in [3.63, 3.8) is 0 Å². The summed E-state index contributed by atoms with van der Waals surface area (Å²) in [5.41, 5.74) is 0.921. The van der Waals surface area contributed by atoms with E-state index in [2.05, 4.69) is 13.8 Å². The number of amides is 1. The van der Waals surface area contributed by atoms with Crippen molar-refractivity contribution >= 4 is 12.1 Å². The van der Waals surface area contributed by atoms with Gasteiger partial charge in [0.1, 0.15) is 12.6 Å². The number of hydrogen-bond donors (Lipinski definition) is 0. The van der Waals surface area contributed by atoms with Gasteiger partial charge in [0.2, 0.25) is 0 Å². The van der Waals surface area contributed by atoms with Crippen LogP contribution in [0, 0.1) is 11.8 Å². The summed E-state index contributed by atoms with van der Waals surface area (Å²) in [6, 6.07) is 8.94. The Morgan fingerprint density at radius 1 is 1.27 bits per heavy atom. The predicted molar refractivity (Wildman–Crippen MR) is 82.1 cm³/mol. The summed E-state index contributed by atoms with van der Waals surface area (Å²) in [4.78, 5) is 25.9. The molecule has 0 spiro atoms. The lowest BCUT2D eigenvalue weighted by molar-refractivity contribution is -0.147. The molecule has 1 amide bonds. The molecule has 2 unspecified atom stereocenters. The zero-order valence-electron chi connectivity index (χ0n) is 13.3. The molecule has 1 saturated heterocycles. The number of ether oxygens (including phenoxy) is 2. The van der Waals surface area contributed by atoms with E-state index < -0.39 is 12.1 Å². The summed E-state index contributed by atoms with van der Waals surface area (Å²) in [5, 5.41) is 0. The van der Waals surface area contributed by atoms with Crippen molar-refractivity contribution in [3.05, 3.63) is 35.9 Å². The molecule has 1 aromatic rings. The van der Waals surface area contributed by atoms with Gasteiger partial charge in [-0.05, 0) is 23.8 Å². The molecular formula is C17H23NO4. The molecule has 0 bridgehead atoms. The highest BCUT2D eigenvalue weighted by atomic mass is 16.6. The maximum Gasteiger partial charge on any atom is 0.410 e. The minimum absolute atomic E-state index is 0.108. The summed E-state index contributed by atoms with van der Waals surface area (Å²) in [5.74, 6) is 0.0422. The van der Waals surface area contributed by atoms with E-state index in [0.29, 0.717) is 12.5 Å². The van der Waals surface area contributed by atoms with E-state index in [1.165, 1.54) is 12.0 Å². The molecule has 0 radical (unpaired) electrons. The number of hydrogen-bond acceptors (Lipinski definition) is 4. The van der Waals surface area contributed by atoms with E-state index in [0.717, 1.165) is 12.0 Å². The average molecular weight is 305 g/mol. The maximum absolute atomic E-state index is 12.3. The SMILES string of the molecule is COC(=O)C1C(C(C)C)CCN1C(=O)OCc1ccccc1. The Hall–Kier alpha value is -2.04. The highest BCUT2D eigenvalue weighted by molar-refractivity contribution is 5.82. The van der Waals surface area contributed by atoms with Crippen molar-refractivity contribution in [2.45, 2.75) is 32.9 Å². The van der Waals surface area contributed by atoms with Crippen LogP contribution in [0.25, 0.3) is 0 Å². The molecule has 5 heteroatoms. The monoisotopic (exact) mass is 305 g/mol. The van der Waals surface area contributed by atoms with E-state index in [-0.39, 0.29) is 18.5 Å². The number of esters is 1. The Labute approximate surface area is 131 Å². The molecule has 1 aliphatic heterocycles. The third-order valence-electron chi connectivity index (χ3n) is 4.18. The molecule has 1 heterocycles. The molecule has 2 rings (SSSR count). The first-order chi connectivity index (χ1) is 10.5. The molecule has 1 aliphatic rings. The maximum atomic E-state index is 12.3. The zero-order valence-corrected chi connectivity index (χ0v) is 13.3. The quantitative estimate of drug-likeness (QED) is 0.803. The van der Waals surface area contributed by atoms with Crippen molar-refractivity contribution in [1.29, 1.82) is 0 Å². The minimum atomic E-state index is -0.548. The van der Waals surface area contributed by atoms with Crippen molar-refractivity contribution in [2.75, 3.05) is 13.7 Å². The first kappa shape index (κ1) is 16.3. The Balaban J connectivity index is 2.02. The van der Waals surface area contributed by atoms with Gasteiger partial charge in [0.15, 0.2) is 0 Å². The van der Waals surface area contributed by atoms with Crippen LogP contribution in [0.4, 0.5) is 4.79 Å². The summed E-state index contributed by atoms with van der Waals surface area (Å²) in [7, 11) is 1.35. The number of carbonyl (C=O) groups excluding carboxylic acids is 2. The smallest absolute Gasteiger partial charge is 0.410 e. The standard InChI is InChI=1S/C17H23NO4/c1-12(2)14-9-10-18(15(14)16(19)21-3)17(20)22-11-13-7-5-4-6-8-13/h4-8,12,14-15H,9-11H2,1-3H3. The van der Waals surface area contributed by atoms with E-state index in [1.807, 2.05) is 30.3 Å². The van der Waals surface area contributed by atoms with Gasteiger partial charge in [-0.2, -0.15) is 0 Å².